The SMILES string of the molecule is NC1=NC(Nc2cc(Cl)c(-c3ccc(S(=O)(=O)C4CNC4)cc3)c(C(F)(F)F)c2)=NC1. The number of rotatable bonds is 4. The van der Waals surface area contributed by atoms with E-state index in [0.29, 0.717) is 13.1 Å². The van der Waals surface area contributed by atoms with Crippen molar-refractivity contribution in [2.24, 2.45) is 15.7 Å². The second kappa shape index (κ2) is 7.81. The Morgan fingerprint density at radius 2 is 1.84 bits per heavy atom. The third-order valence-corrected chi connectivity index (χ3v) is 7.38. The van der Waals surface area contributed by atoms with Crippen LogP contribution in [0.5, 0.6) is 0 Å². The van der Waals surface area contributed by atoms with E-state index in [4.69, 9.17) is 17.3 Å². The van der Waals surface area contributed by atoms with E-state index < -0.39 is 26.8 Å². The van der Waals surface area contributed by atoms with Gasteiger partial charge < -0.3 is 16.4 Å². The third-order valence-electron chi connectivity index (χ3n) is 4.95. The van der Waals surface area contributed by atoms with E-state index in [1.165, 1.54) is 30.3 Å². The molecule has 0 unspecified atom stereocenters. The molecule has 0 aromatic heterocycles. The number of aliphatic imine (C=N–C) groups is 2. The molecule has 0 spiro atoms. The van der Waals surface area contributed by atoms with Crippen LogP contribution in [0.15, 0.2) is 51.3 Å². The molecule has 1 fully saturated rings. The number of halogens is 4. The maximum absolute atomic E-state index is 13.8. The summed E-state index contributed by atoms with van der Waals surface area (Å²) in [5, 5.41) is 4.86. The van der Waals surface area contributed by atoms with Crippen molar-refractivity contribution in [1.29, 1.82) is 0 Å². The molecule has 2 aromatic carbocycles. The van der Waals surface area contributed by atoms with E-state index in [9.17, 15) is 21.6 Å². The molecule has 0 radical (unpaired) electrons. The average Bonchev–Trinajstić information content (AvgIpc) is 3.03. The number of amidine groups is 1. The van der Waals surface area contributed by atoms with Crippen LogP contribution in [0.3, 0.4) is 0 Å². The second-order valence-electron chi connectivity index (χ2n) is 7.10. The predicted octanol–water partition coefficient (Wildman–Crippen LogP) is 2.91. The molecule has 1 saturated heterocycles. The van der Waals surface area contributed by atoms with Crippen LogP contribution in [-0.4, -0.2) is 45.1 Å². The Hall–Kier alpha value is -2.63. The Bertz CT molecular complexity index is 1190. The molecular weight excluding hydrogens is 455 g/mol. The number of guanidine groups is 1. The summed E-state index contributed by atoms with van der Waals surface area (Å²) in [6.45, 7) is 0.861. The zero-order chi connectivity index (χ0) is 22.4. The standard InChI is InChI=1S/C19H17ClF3N5O2S/c20-15-6-11(27-18-26-9-16(24)28-18)5-14(19(21,22)23)17(15)10-1-3-12(4-2-10)31(29,30)13-7-25-8-13/h1-6,13,25H,7-9H2,(H3,24,26,27,28). The van der Waals surface area contributed by atoms with E-state index in [0.717, 1.165) is 6.07 Å². The molecule has 2 aromatic rings. The van der Waals surface area contributed by atoms with Crippen molar-refractivity contribution >= 4 is 38.9 Å². The number of anilines is 1. The summed E-state index contributed by atoms with van der Waals surface area (Å²) in [5.41, 5.74) is 4.50. The van der Waals surface area contributed by atoms with Gasteiger partial charge in [0.05, 0.1) is 20.7 Å². The minimum absolute atomic E-state index is 0.0509. The van der Waals surface area contributed by atoms with Crippen molar-refractivity contribution in [2.45, 2.75) is 16.3 Å². The molecule has 0 aliphatic carbocycles. The van der Waals surface area contributed by atoms with Crippen molar-refractivity contribution < 1.29 is 21.6 Å². The maximum Gasteiger partial charge on any atom is 0.417 e. The zero-order valence-corrected chi connectivity index (χ0v) is 17.4. The van der Waals surface area contributed by atoms with E-state index in [-0.39, 0.29) is 45.1 Å². The molecule has 2 heterocycles. The Kier molecular flexibility index (Phi) is 5.44. The summed E-state index contributed by atoms with van der Waals surface area (Å²) in [6, 6.07) is 7.48. The number of nitrogens with one attached hydrogen (secondary N) is 2. The molecule has 12 heteroatoms. The minimum atomic E-state index is -4.71. The Morgan fingerprint density at radius 1 is 1.16 bits per heavy atom. The Balaban J connectivity index is 1.72. The van der Waals surface area contributed by atoms with Crippen molar-refractivity contribution in [1.82, 2.24) is 5.32 Å². The van der Waals surface area contributed by atoms with E-state index in [2.05, 4.69) is 20.6 Å². The lowest BCUT2D eigenvalue weighted by Crippen LogP contribution is -2.51. The molecule has 4 N–H and O–H groups in total. The van der Waals surface area contributed by atoms with Crippen LogP contribution < -0.4 is 16.4 Å². The highest BCUT2D eigenvalue weighted by atomic mass is 35.5. The number of benzene rings is 2. The van der Waals surface area contributed by atoms with Crippen molar-refractivity contribution in [3.63, 3.8) is 0 Å². The molecule has 2 aliphatic rings. The van der Waals surface area contributed by atoms with Crippen LogP contribution in [0.25, 0.3) is 11.1 Å². The monoisotopic (exact) mass is 471 g/mol. The first kappa shape index (κ1) is 21.6. The maximum atomic E-state index is 13.8. The topological polar surface area (TPSA) is 109 Å². The van der Waals surface area contributed by atoms with Gasteiger partial charge in [-0.25, -0.2) is 13.4 Å². The Morgan fingerprint density at radius 3 is 2.35 bits per heavy atom. The van der Waals surface area contributed by atoms with E-state index in [1.807, 2.05) is 0 Å². The van der Waals surface area contributed by atoms with Crippen LogP contribution in [0, 0.1) is 0 Å². The molecule has 0 saturated carbocycles. The third kappa shape index (κ3) is 4.25. The van der Waals surface area contributed by atoms with Gasteiger partial charge in [-0.05, 0) is 29.8 Å². The number of alkyl halides is 3. The molecule has 0 bridgehead atoms. The zero-order valence-electron chi connectivity index (χ0n) is 15.9. The fourth-order valence-electron chi connectivity index (χ4n) is 3.24. The van der Waals surface area contributed by atoms with Crippen molar-refractivity contribution in [2.75, 3.05) is 25.0 Å². The molecule has 31 heavy (non-hydrogen) atoms. The lowest BCUT2D eigenvalue weighted by atomic mass is 9.98. The molecule has 164 valence electrons. The summed E-state index contributed by atoms with van der Waals surface area (Å²) in [7, 11) is -3.54. The number of nitrogens with two attached hydrogens (primary N) is 1. The van der Waals surface area contributed by atoms with Crippen LogP contribution in [0.1, 0.15) is 5.56 Å². The van der Waals surface area contributed by atoms with Gasteiger partial charge in [0.2, 0.25) is 5.96 Å². The molecule has 0 amide bonds. The second-order valence-corrected chi connectivity index (χ2v) is 9.73. The summed E-state index contributed by atoms with van der Waals surface area (Å²) >= 11 is 6.23. The van der Waals surface area contributed by atoms with Gasteiger partial charge in [-0.3, -0.25) is 0 Å². The van der Waals surface area contributed by atoms with Gasteiger partial charge in [-0.2, -0.15) is 18.2 Å². The number of sulfone groups is 1. The van der Waals surface area contributed by atoms with Crippen LogP contribution >= 0.6 is 11.6 Å². The highest BCUT2D eigenvalue weighted by Crippen LogP contribution is 2.43. The van der Waals surface area contributed by atoms with Gasteiger partial charge in [-0.1, -0.05) is 23.7 Å². The highest BCUT2D eigenvalue weighted by Gasteiger charge is 2.36. The average molecular weight is 472 g/mol. The van der Waals surface area contributed by atoms with Crippen molar-refractivity contribution in [3.8, 4) is 11.1 Å². The summed E-state index contributed by atoms with van der Waals surface area (Å²) in [4.78, 5) is 7.91. The lowest BCUT2D eigenvalue weighted by Gasteiger charge is -2.26. The van der Waals surface area contributed by atoms with Gasteiger partial charge >= 0.3 is 6.18 Å². The van der Waals surface area contributed by atoms with Gasteiger partial charge in [0.25, 0.3) is 0 Å². The smallest absolute Gasteiger partial charge is 0.385 e. The number of hydrogen-bond donors (Lipinski definition) is 3. The first-order valence-electron chi connectivity index (χ1n) is 9.16. The quantitative estimate of drug-likeness (QED) is 0.635. The number of hydrogen-bond acceptors (Lipinski definition) is 7. The van der Waals surface area contributed by atoms with Crippen LogP contribution in [0.4, 0.5) is 18.9 Å². The normalized spacial score (nSPS) is 17.2. The van der Waals surface area contributed by atoms with Crippen LogP contribution in [0.2, 0.25) is 5.02 Å². The van der Waals surface area contributed by atoms with Crippen LogP contribution in [-0.2, 0) is 16.0 Å². The predicted molar refractivity (Wildman–Crippen MR) is 113 cm³/mol. The Labute approximate surface area is 181 Å². The fourth-order valence-corrected chi connectivity index (χ4v) is 5.14. The van der Waals surface area contributed by atoms with E-state index in [1.54, 1.807) is 0 Å². The molecular formula is C19H17ClF3N5O2S. The summed E-state index contributed by atoms with van der Waals surface area (Å²) in [5.74, 6) is 0.337. The largest absolute Gasteiger partial charge is 0.417 e. The minimum Gasteiger partial charge on any atom is -0.385 e. The van der Waals surface area contributed by atoms with Gasteiger partial charge in [0.15, 0.2) is 9.84 Å². The highest BCUT2D eigenvalue weighted by molar-refractivity contribution is 7.92. The van der Waals surface area contributed by atoms with E-state index >= 15 is 0 Å². The first-order valence-corrected chi connectivity index (χ1v) is 11.1. The lowest BCUT2D eigenvalue weighted by molar-refractivity contribution is -0.137. The molecule has 4 rings (SSSR count). The first-order chi connectivity index (χ1) is 14.6. The number of nitrogens with zero attached hydrogens (tertiary/aromatic N) is 2. The molecule has 2 aliphatic heterocycles. The molecule has 7 nitrogen and oxygen atoms in total. The van der Waals surface area contributed by atoms with Gasteiger partial charge in [0, 0.05) is 24.3 Å². The molecule has 0 atom stereocenters. The summed E-state index contributed by atoms with van der Waals surface area (Å²) < 4.78 is 66.5. The van der Waals surface area contributed by atoms with Gasteiger partial charge in [-0.15, -0.1) is 0 Å². The van der Waals surface area contributed by atoms with Gasteiger partial charge in [0.1, 0.15) is 12.4 Å². The summed E-state index contributed by atoms with van der Waals surface area (Å²) in [6.07, 6.45) is -4.71. The van der Waals surface area contributed by atoms with Crippen molar-refractivity contribution in [3.05, 3.63) is 47.0 Å². The fraction of sp³-hybridized carbons (Fsp3) is 0.263.